The molecule has 2 nitrogen and oxygen atoms in total. The van der Waals surface area contributed by atoms with Gasteiger partial charge in [0, 0.05) is 6.04 Å². The average molecular weight is 167 g/mol. The Kier molecular flexibility index (Phi) is 4.19. The summed E-state index contributed by atoms with van der Waals surface area (Å²) >= 11 is 0. The van der Waals surface area contributed by atoms with Crippen LogP contribution in [-0.2, 0) is 4.79 Å². The van der Waals surface area contributed by atoms with Gasteiger partial charge in [-0.3, -0.25) is 4.79 Å². The van der Waals surface area contributed by atoms with Gasteiger partial charge in [-0.1, -0.05) is 31.5 Å². The molecule has 2 unspecified atom stereocenters. The molecule has 1 aliphatic carbocycles. The predicted molar refractivity (Wildman–Crippen MR) is 53.0 cm³/mol. The van der Waals surface area contributed by atoms with Gasteiger partial charge < -0.3 is 5.32 Å². The third-order valence-electron chi connectivity index (χ3n) is 2.81. The summed E-state index contributed by atoms with van der Waals surface area (Å²) in [5.74, 6) is 0.848. The summed E-state index contributed by atoms with van der Waals surface area (Å²) in [5.41, 5.74) is 0. The quantitative estimate of drug-likeness (QED) is 0.480. The van der Waals surface area contributed by atoms with Crippen molar-refractivity contribution in [2.75, 3.05) is 0 Å². The molecule has 0 spiro atoms. The highest BCUT2D eigenvalue weighted by Gasteiger charge is 2.13. The maximum absolute atomic E-state index is 10.2. The number of carbonyl (C=O) groups is 1. The summed E-state index contributed by atoms with van der Waals surface area (Å²) in [5, 5.41) is 2.89. The second-order valence-corrected chi connectivity index (χ2v) is 3.95. The lowest BCUT2D eigenvalue weighted by molar-refractivity contribution is -0.110. The first-order valence-electron chi connectivity index (χ1n) is 5.02. The van der Waals surface area contributed by atoms with E-state index in [1.165, 1.54) is 38.5 Å². The monoisotopic (exact) mass is 167 g/mol. The zero-order chi connectivity index (χ0) is 8.81. The highest BCUT2D eigenvalue weighted by molar-refractivity contribution is 6.11. The molecule has 0 heterocycles. The molecule has 0 aromatic rings. The van der Waals surface area contributed by atoms with E-state index in [1.54, 1.807) is 0 Å². The van der Waals surface area contributed by atoms with Crippen LogP contribution in [0.1, 0.15) is 38.5 Å². The Morgan fingerprint density at radius 3 is 2.67 bits per heavy atom. The molecule has 0 aromatic carbocycles. The molecular weight excluding hydrogens is 149 g/mol. The summed E-state index contributed by atoms with van der Waals surface area (Å²) in [7, 11) is 2.31. The van der Waals surface area contributed by atoms with Crippen LogP contribution >= 0.6 is 0 Å². The molecule has 1 N–H and O–H groups in total. The van der Waals surface area contributed by atoms with Crippen LogP contribution in [-0.4, -0.2) is 20.3 Å². The van der Waals surface area contributed by atoms with Gasteiger partial charge in [0.15, 0.2) is 0 Å². The largest absolute Gasteiger partial charge is 0.356 e. The topological polar surface area (TPSA) is 29.1 Å². The number of carbonyl (C=O) groups excluding carboxylic acids is 1. The second kappa shape index (κ2) is 5.23. The van der Waals surface area contributed by atoms with Gasteiger partial charge in [0.05, 0.1) is 0 Å². The van der Waals surface area contributed by atoms with Gasteiger partial charge in [-0.2, -0.15) is 0 Å². The Bertz CT molecular complexity index is 140. The summed E-state index contributed by atoms with van der Waals surface area (Å²) in [6, 6.07) is 0.449. The summed E-state index contributed by atoms with van der Waals surface area (Å²) in [4.78, 5) is 10.2. The molecule has 0 aliphatic heterocycles. The minimum absolute atomic E-state index is 0.449. The molecule has 0 bridgehead atoms. The van der Waals surface area contributed by atoms with E-state index in [4.69, 9.17) is 0 Å². The Morgan fingerprint density at radius 2 is 1.92 bits per heavy atom. The van der Waals surface area contributed by atoms with Gasteiger partial charge in [0.2, 0.25) is 6.41 Å². The number of nitrogens with one attached hydrogen (secondary N) is 1. The van der Waals surface area contributed by atoms with Gasteiger partial charge in [-0.05, 0) is 12.8 Å². The van der Waals surface area contributed by atoms with Crippen LogP contribution < -0.4 is 5.32 Å². The first kappa shape index (κ1) is 9.62. The van der Waals surface area contributed by atoms with Crippen molar-refractivity contribution in [3.8, 4) is 0 Å². The number of amides is 1. The summed E-state index contributed by atoms with van der Waals surface area (Å²) in [6.07, 6.45) is 8.43. The average Bonchev–Trinajstić information content (AvgIpc) is 2.04. The van der Waals surface area contributed by atoms with Gasteiger partial charge in [0.1, 0.15) is 7.85 Å². The second-order valence-electron chi connectivity index (χ2n) is 3.95. The van der Waals surface area contributed by atoms with Crippen molar-refractivity contribution >= 4 is 14.3 Å². The molecule has 1 amide bonds. The molecule has 1 fully saturated rings. The molecule has 1 rings (SSSR count). The van der Waals surface area contributed by atoms with E-state index in [-0.39, 0.29) is 0 Å². The van der Waals surface area contributed by atoms with Crippen LogP contribution in [0.2, 0.25) is 5.82 Å². The van der Waals surface area contributed by atoms with Crippen molar-refractivity contribution in [3.05, 3.63) is 0 Å². The number of rotatable bonds is 2. The third kappa shape index (κ3) is 3.29. The fourth-order valence-electron chi connectivity index (χ4n) is 1.92. The van der Waals surface area contributed by atoms with Gasteiger partial charge in [-0.15, -0.1) is 0 Å². The minimum atomic E-state index is 0.449. The van der Waals surface area contributed by atoms with Crippen LogP contribution in [0.4, 0.5) is 0 Å². The fourth-order valence-corrected chi connectivity index (χ4v) is 1.92. The van der Waals surface area contributed by atoms with E-state index < -0.39 is 0 Å². The molecule has 0 saturated heterocycles. The highest BCUT2D eigenvalue weighted by Crippen LogP contribution is 2.23. The molecule has 1 aliphatic rings. The van der Waals surface area contributed by atoms with Crippen molar-refractivity contribution in [2.45, 2.75) is 50.4 Å². The first-order chi connectivity index (χ1) is 5.83. The summed E-state index contributed by atoms with van der Waals surface area (Å²) < 4.78 is 0. The van der Waals surface area contributed by atoms with Crippen LogP contribution in [0.25, 0.3) is 0 Å². The minimum Gasteiger partial charge on any atom is -0.356 e. The Balaban J connectivity index is 2.28. The predicted octanol–water partition coefficient (Wildman–Crippen LogP) is 0.877. The van der Waals surface area contributed by atoms with E-state index in [2.05, 4.69) is 13.2 Å². The standard InChI is InChI=1S/C9H18BNO/c10-8-3-1-2-4-9(6-5-8)11-7-12/h7-9H,1-6,10H2,(H,11,12). The van der Waals surface area contributed by atoms with E-state index in [9.17, 15) is 4.79 Å². The molecule has 3 heteroatoms. The zero-order valence-corrected chi connectivity index (χ0v) is 7.88. The van der Waals surface area contributed by atoms with E-state index in [0.29, 0.717) is 6.04 Å². The van der Waals surface area contributed by atoms with E-state index in [0.717, 1.165) is 12.2 Å². The van der Waals surface area contributed by atoms with Gasteiger partial charge >= 0.3 is 0 Å². The lowest BCUT2D eigenvalue weighted by atomic mass is 9.76. The maximum Gasteiger partial charge on any atom is 0.207 e. The molecular formula is C9H18BNO. The van der Waals surface area contributed by atoms with Crippen LogP contribution in [0.5, 0.6) is 0 Å². The molecule has 68 valence electrons. The molecule has 0 aromatic heterocycles. The van der Waals surface area contributed by atoms with E-state index in [1.807, 2.05) is 0 Å². The van der Waals surface area contributed by atoms with Crippen molar-refractivity contribution < 1.29 is 4.79 Å². The fraction of sp³-hybridized carbons (Fsp3) is 0.889. The SMILES string of the molecule is BC1CCCCC(NC=O)CC1. The van der Waals surface area contributed by atoms with Crippen molar-refractivity contribution in [1.82, 2.24) is 5.32 Å². The molecule has 0 radical (unpaired) electrons. The van der Waals surface area contributed by atoms with Gasteiger partial charge in [0.25, 0.3) is 0 Å². The first-order valence-corrected chi connectivity index (χ1v) is 5.02. The Hall–Kier alpha value is -0.465. The van der Waals surface area contributed by atoms with Gasteiger partial charge in [-0.25, -0.2) is 0 Å². The van der Waals surface area contributed by atoms with Crippen LogP contribution in [0.3, 0.4) is 0 Å². The number of hydrogen-bond donors (Lipinski definition) is 1. The zero-order valence-electron chi connectivity index (χ0n) is 7.88. The molecule has 2 atom stereocenters. The summed E-state index contributed by atoms with van der Waals surface area (Å²) in [6.45, 7) is 0. The maximum atomic E-state index is 10.2. The number of hydrogen-bond acceptors (Lipinski definition) is 1. The molecule has 12 heavy (non-hydrogen) atoms. The third-order valence-corrected chi connectivity index (χ3v) is 2.81. The normalized spacial score (nSPS) is 31.7. The van der Waals surface area contributed by atoms with Crippen molar-refractivity contribution in [1.29, 1.82) is 0 Å². The lowest BCUT2D eigenvalue weighted by Crippen LogP contribution is -2.28. The van der Waals surface area contributed by atoms with Crippen LogP contribution in [0, 0.1) is 0 Å². The van der Waals surface area contributed by atoms with Crippen LogP contribution in [0.15, 0.2) is 0 Å². The molecule has 1 saturated carbocycles. The lowest BCUT2D eigenvalue weighted by Gasteiger charge is -2.22. The van der Waals surface area contributed by atoms with E-state index >= 15 is 0 Å². The van der Waals surface area contributed by atoms with Crippen molar-refractivity contribution in [2.24, 2.45) is 0 Å². The van der Waals surface area contributed by atoms with Crippen molar-refractivity contribution in [3.63, 3.8) is 0 Å². The Morgan fingerprint density at radius 1 is 1.17 bits per heavy atom. The smallest absolute Gasteiger partial charge is 0.207 e. The Labute approximate surface area is 75.5 Å². The highest BCUT2D eigenvalue weighted by atomic mass is 16.1.